The topological polar surface area (TPSA) is 70.2 Å². The van der Waals surface area contributed by atoms with Gasteiger partial charge in [-0.1, -0.05) is 6.07 Å². The summed E-state index contributed by atoms with van der Waals surface area (Å²) < 4.78 is 0. The largest absolute Gasteiger partial charge is 0.481 e. The number of hydrogen-bond donors (Lipinski definition) is 2. The molecule has 0 aliphatic carbocycles. The zero-order valence-electron chi connectivity index (χ0n) is 7.12. The van der Waals surface area contributed by atoms with E-state index < -0.39 is 5.97 Å². The van der Waals surface area contributed by atoms with Crippen molar-refractivity contribution in [2.75, 3.05) is 0 Å². The maximum atomic E-state index is 10.8. The van der Waals surface area contributed by atoms with Crippen LogP contribution in [0.3, 0.4) is 0 Å². The summed E-state index contributed by atoms with van der Waals surface area (Å²) in [7, 11) is 0. The normalized spacial score (nSPS) is 9.85. The average Bonchev–Trinajstić information content (AvgIpc) is 2.03. The van der Waals surface area contributed by atoms with Crippen LogP contribution in [0, 0.1) is 0 Å². The predicted molar refractivity (Wildman–Crippen MR) is 47.6 cm³/mol. The monoisotopic (exact) mass is 181 g/mol. The highest BCUT2D eigenvalue weighted by Crippen LogP contribution is 1.99. The molecule has 1 aromatic heterocycles. The lowest BCUT2D eigenvalue weighted by molar-refractivity contribution is -0.137. The molecule has 0 atom stereocenters. The Kier molecular flexibility index (Phi) is 3.25. The maximum absolute atomic E-state index is 10.8. The number of nitrogens with one attached hydrogen (secondary N) is 1. The first-order chi connectivity index (χ1) is 6.18. The highest BCUT2D eigenvalue weighted by Gasteiger charge is 1.98. The lowest BCUT2D eigenvalue weighted by Gasteiger charge is -1.97. The maximum Gasteiger partial charge on any atom is 0.303 e. The quantitative estimate of drug-likeness (QED) is 0.721. The van der Waals surface area contributed by atoms with E-state index in [1.54, 1.807) is 12.1 Å². The van der Waals surface area contributed by atoms with Crippen molar-refractivity contribution in [2.45, 2.75) is 19.3 Å². The molecule has 4 nitrogen and oxygen atoms in total. The fraction of sp³-hybridized carbons (Fsp3) is 0.333. The van der Waals surface area contributed by atoms with Crippen molar-refractivity contribution in [3.05, 3.63) is 34.2 Å². The molecule has 0 radical (unpaired) electrons. The van der Waals surface area contributed by atoms with Gasteiger partial charge in [-0.15, -0.1) is 0 Å². The number of rotatable bonds is 4. The fourth-order valence-electron chi connectivity index (χ4n) is 1.07. The lowest BCUT2D eigenvalue weighted by atomic mass is 10.2. The summed E-state index contributed by atoms with van der Waals surface area (Å²) in [5, 5.41) is 8.37. The summed E-state index contributed by atoms with van der Waals surface area (Å²) in [6.45, 7) is 0. The van der Waals surface area contributed by atoms with E-state index >= 15 is 0 Å². The Hall–Kier alpha value is -1.58. The molecule has 1 aromatic rings. The van der Waals surface area contributed by atoms with E-state index in [4.69, 9.17) is 5.11 Å². The first-order valence-corrected chi connectivity index (χ1v) is 4.08. The van der Waals surface area contributed by atoms with Gasteiger partial charge in [-0.25, -0.2) is 0 Å². The number of aromatic amines is 1. The molecule has 0 amide bonds. The van der Waals surface area contributed by atoms with Gasteiger partial charge in [0.05, 0.1) is 0 Å². The van der Waals surface area contributed by atoms with E-state index in [1.807, 2.05) is 0 Å². The van der Waals surface area contributed by atoms with Crippen LogP contribution in [0.25, 0.3) is 0 Å². The summed E-state index contributed by atoms with van der Waals surface area (Å²) in [5.74, 6) is -0.807. The highest BCUT2D eigenvalue weighted by atomic mass is 16.4. The Balaban J connectivity index is 2.45. The molecule has 2 N–H and O–H groups in total. The molecular formula is C9H11NO3. The Morgan fingerprint density at radius 1 is 1.46 bits per heavy atom. The molecular weight excluding hydrogens is 170 g/mol. The fourth-order valence-corrected chi connectivity index (χ4v) is 1.07. The minimum Gasteiger partial charge on any atom is -0.481 e. The predicted octanol–water partition coefficient (Wildman–Crippen LogP) is 0.782. The minimum absolute atomic E-state index is 0.136. The van der Waals surface area contributed by atoms with Gasteiger partial charge in [0.15, 0.2) is 0 Å². The van der Waals surface area contributed by atoms with Crippen molar-refractivity contribution < 1.29 is 9.90 Å². The lowest BCUT2D eigenvalue weighted by Crippen LogP contribution is -2.06. The molecule has 0 fully saturated rings. The van der Waals surface area contributed by atoms with Crippen LogP contribution in [-0.2, 0) is 11.2 Å². The van der Waals surface area contributed by atoms with Crippen molar-refractivity contribution in [3.8, 4) is 0 Å². The third-order valence-electron chi connectivity index (χ3n) is 1.67. The molecule has 70 valence electrons. The first kappa shape index (κ1) is 9.51. The van der Waals surface area contributed by atoms with E-state index in [1.165, 1.54) is 6.07 Å². The first-order valence-electron chi connectivity index (χ1n) is 4.08. The number of carboxylic acid groups (broad SMARTS) is 1. The van der Waals surface area contributed by atoms with Gasteiger partial charge in [0.2, 0.25) is 5.56 Å². The smallest absolute Gasteiger partial charge is 0.303 e. The number of aliphatic carboxylic acids is 1. The van der Waals surface area contributed by atoms with Gasteiger partial charge in [-0.05, 0) is 18.9 Å². The van der Waals surface area contributed by atoms with Gasteiger partial charge in [0, 0.05) is 18.2 Å². The third-order valence-corrected chi connectivity index (χ3v) is 1.67. The van der Waals surface area contributed by atoms with Gasteiger partial charge in [0.25, 0.3) is 0 Å². The highest BCUT2D eigenvalue weighted by molar-refractivity contribution is 5.66. The zero-order chi connectivity index (χ0) is 9.68. The molecule has 0 aliphatic rings. The molecule has 0 aliphatic heterocycles. The molecule has 0 unspecified atom stereocenters. The summed E-state index contributed by atoms with van der Waals surface area (Å²) in [4.78, 5) is 23.6. The third kappa shape index (κ3) is 3.55. The van der Waals surface area contributed by atoms with Crippen molar-refractivity contribution in [1.82, 2.24) is 4.98 Å². The summed E-state index contributed by atoms with van der Waals surface area (Å²) >= 11 is 0. The van der Waals surface area contributed by atoms with Crippen molar-refractivity contribution in [1.29, 1.82) is 0 Å². The second-order valence-electron chi connectivity index (χ2n) is 2.79. The molecule has 0 spiro atoms. The van der Waals surface area contributed by atoms with Gasteiger partial charge < -0.3 is 10.1 Å². The standard InChI is InChI=1S/C9H11NO3/c11-8-5-1-3-7(10-8)4-2-6-9(12)13/h1,3,5H,2,4,6H2,(H,10,11)(H,12,13). The molecule has 1 rings (SSSR count). The molecule has 0 saturated carbocycles. The molecule has 1 heterocycles. The van der Waals surface area contributed by atoms with Crippen LogP contribution < -0.4 is 5.56 Å². The van der Waals surface area contributed by atoms with Gasteiger partial charge in [0.1, 0.15) is 0 Å². The number of H-pyrrole nitrogens is 1. The molecule has 0 bridgehead atoms. The molecule has 0 aromatic carbocycles. The summed E-state index contributed by atoms with van der Waals surface area (Å²) in [5.41, 5.74) is 0.640. The van der Waals surface area contributed by atoms with Crippen LogP contribution in [0.2, 0.25) is 0 Å². The van der Waals surface area contributed by atoms with Crippen LogP contribution in [0.5, 0.6) is 0 Å². The van der Waals surface area contributed by atoms with Gasteiger partial charge in [-0.3, -0.25) is 9.59 Å². The van der Waals surface area contributed by atoms with Crippen LogP contribution >= 0.6 is 0 Å². The van der Waals surface area contributed by atoms with Crippen LogP contribution in [0.15, 0.2) is 23.0 Å². The molecule has 4 heteroatoms. The molecule has 13 heavy (non-hydrogen) atoms. The summed E-state index contributed by atoms with van der Waals surface area (Å²) in [6, 6.07) is 4.87. The number of carbonyl (C=O) groups is 1. The SMILES string of the molecule is O=C(O)CCCc1cccc(=O)[nH]1. The van der Waals surface area contributed by atoms with E-state index in [0.29, 0.717) is 12.8 Å². The minimum atomic E-state index is -0.807. The Labute approximate surface area is 75.2 Å². The van der Waals surface area contributed by atoms with Crippen molar-refractivity contribution >= 4 is 5.97 Å². The number of pyridine rings is 1. The zero-order valence-corrected chi connectivity index (χ0v) is 7.12. The number of aryl methyl sites for hydroxylation is 1. The second-order valence-corrected chi connectivity index (χ2v) is 2.79. The average molecular weight is 181 g/mol. The summed E-state index contributed by atoms with van der Waals surface area (Å²) in [6.07, 6.45) is 1.29. The van der Waals surface area contributed by atoms with E-state index in [9.17, 15) is 9.59 Å². The Morgan fingerprint density at radius 3 is 2.85 bits per heavy atom. The Morgan fingerprint density at radius 2 is 2.23 bits per heavy atom. The Bertz CT molecular complexity index is 343. The van der Waals surface area contributed by atoms with Crippen LogP contribution in [0.4, 0.5) is 0 Å². The van der Waals surface area contributed by atoms with Gasteiger partial charge >= 0.3 is 5.97 Å². The number of carboxylic acids is 1. The van der Waals surface area contributed by atoms with E-state index in [-0.39, 0.29) is 12.0 Å². The van der Waals surface area contributed by atoms with E-state index in [0.717, 1.165) is 5.69 Å². The van der Waals surface area contributed by atoms with E-state index in [2.05, 4.69) is 4.98 Å². The second kappa shape index (κ2) is 4.45. The molecule has 0 saturated heterocycles. The van der Waals surface area contributed by atoms with Crippen molar-refractivity contribution in [3.63, 3.8) is 0 Å². The van der Waals surface area contributed by atoms with Crippen LogP contribution in [-0.4, -0.2) is 16.1 Å². The number of hydrogen-bond acceptors (Lipinski definition) is 2. The van der Waals surface area contributed by atoms with Gasteiger partial charge in [-0.2, -0.15) is 0 Å². The van der Waals surface area contributed by atoms with Crippen LogP contribution in [0.1, 0.15) is 18.5 Å². The number of aromatic nitrogens is 1. The van der Waals surface area contributed by atoms with Crippen molar-refractivity contribution in [2.24, 2.45) is 0 Å².